The number of carbonyl (C=O) groups excluding carboxylic acids is 1. The van der Waals surface area contributed by atoms with E-state index in [4.69, 9.17) is 0 Å². The highest BCUT2D eigenvalue weighted by atomic mass is 32.2. The summed E-state index contributed by atoms with van der Waals surface area (Å²) in [6.07, 6.45) is 0. The third kappa shape index (κ3) is 1.65. The van der Waals surface area contributed by atoms with Crippen LogP contribution in [0.15, 0.2) is 46.7 Å². The molecule has 0 aliphatic carbocycles. The van der Waals surface area contributed by atoms with Gasteiger partial charge in [0.15, 0.2) is 5.78 Å². The van der Waals surface area contributed by atoms with Gasteiger partial charge in [-0.3, -0.25) is 4.79 Å². The van der Waals surface area contributed by atoms with Crippen molar-refractivity contribution in [1.29, 1.82) is 0 Å². The van der Waals surface area contributed by atoms with E-state index in [2.05, 4.69) is 0 Å². The molecule has 0 saturated heterocycles. The van der Waals surface area contributed by atoms with Crippen LogP contribution in [0.4, 0.5) is 4.39 Å². The topological polar surface area (TPSA) is 17.1 Å². The van der Waals surface area contributed by atoms with Crippen LogP contribution in [-0.4, -0.2) is 5.78 Å². The number of hydrogen-bond acceptors (Lipinski definition) is 3. The van der Waals surface area contributed by atoms with Crippen LogP contribution in [0, 0.1) is 5.82 Å². The molecular formula is C16H9FOS2. The van der Waals surface area contributed by atoms with Crippen LogP contribution in [0.2, 0.25) is 0 Å². The molecule has 0 N–H and O–H groups in total. The Hall–Kier alpha value is -1.65. The monoisotopic (exact) mass is 300 g/mol. The molecule has 3 aromatic rings. The van der Waals surface area contributed by atoms with Crippen LogP contribution in [-0.2, 0) is 5.75 Å². The summed E-state index contributed by atoms with van der Waals surface area (Å²) in [6, 6.07) is 10.6. The second kappa shape index (κ2) is 4.43. The minimum atomic E-state index is -0.293. The molecular weight excluding hydrogens is 291 g/mol. The molecule has 98 valence electrons. The maximum absolute atomic E-state index is 13.9. The Bertz CT molecular complexity index is 851. The van der Waals surface area contributed by atoms with Gasteiger partial charge in [0.05, 0.1) is 0 Å². The maximum Gasteiger partial charge on any atom is 0.194 e. The minimum absolute atomic E-state index is 0.0743. The Labute approximate surface area is 123 Å². The summed E-state index contributed by atoms with van der Waals surface area (Å²) in [5, 5.41) is 3.16. The number of fused-ring (bicyclic) bond motifs is 4. The van der Waals surface area contributed by atoms with Crippen molar-refractivity contribution in [1.82, 2.24) is 0 Å². The fourth-order valence-electron chi connectivity index (χ4n) is 2.54. The second-order valence-corrected chi connectivity index (χ2v) is 6.57. The minimum Gasteiger partial charge on any atom is -0.289 e. The Morgan fingerprint density at radius 2 is 1.95 bits per heavy atom. The molecule has 0 atom stereocenters. The number of benzene rings is 2. The van der Waals surface area contributed by atoms with Gasteiger partial charge in [0, 0.05) is 32.0 Å². The Morgan fingerprint density at radius 3 is 2.85 bits per heavy atom. The van der Waals surface area contributed by atoms with E-state index >= 15 is 0 Å². The van der Waals surface area contributed by atoms with Gasteiger partial charge in [-0.1, -0.05) is 18.2 Å². The lowest BCUT2D eigenvalue weighted by Crippen LogP contribution is -2.05. The molecule has 0 spiro atoms. The van der Waals surface area contributed by atoms with Gasteiger partial charge in [-0.15, -0.1) is 23.1 Å². The van der Waals surface area contributed by atoms with Gasteiger partial charge in [0.2, 0.25) is 0 Å². The second-order valence-electron chi connectivity index (χ2n) is 4.66. The number of carbonyl (C=O) groups is 1. The number of ketones is 1. The SMILES string of the molecule is O=C1c2cccc(F)c2CSc2c1ccc1ccsc21. The van der Waals surface area contributed by atoms with Crippen molar-refractivity contribution < 1.29 is 9.18 Å². The largest absolute Gasteiger partial charge is 0.289 e. The molecule has 2 heterocycles. The molecule has 4 rings (SSSR count). The van der Waals surface area contributed by atoms with Crippen LogP contribution in [0.5, 0.6) is 0 Å². The standard InChI is InChI=1S/C16H9FOS2/c17-13-3-1-2-10-12(13)8-20-16-11(14(10)18)5-4-9-6-7-19-15(9)16/h1-7H,8H2. The highest BCUT2D eigenvalue weighted by Gasteiger charge is 2.25. The molecule has 0 amide bonds. The molecule has 0 unspecified atom stereocenters. The van der Waals surface area contributed by atoms with Crippen LogP contribution < -0.4 is 0 Å². The summed E-state index contributed by atoms with van der Waals surface area (Å²) >= 11 is 3.18. The lowest BCUT2D eigenvalue weighted by molar-refractivity contribution is 0.103. The highest BCUT2D eigenvalue weighted by Crippen LogP contribution is 2.40. The van der Waals surface area contributed by atoms with Gasteiger partial charge in [-0.05, 0) is 29.0 Å². The molecule has 0 radical (unpaired) electrons. The summed E-state index contributed by atoms with van der Waals surface area (Å²) in [5.74, 6) is 0.131. The van der Waals surface area contributed by atoms with Crippen molar-refractivity contribution in [3.05, 3.63) is 64.3 Å². The molecule has 1 aliphatic heterocycles. The van der Waals surface area contributed by atoms with Crippen LogP contribution in [0.25, 0.3) is 10.1 Å². The number of halogens is 1. The van der Waals surface area contributed by atoms with Gasteiger partial charge in [-0.2, -0.15) is 0 Å². The van der Waals surface area contributed by atoms with E-state index in [1.165, 1.54) is 6.07 Å². The van der Waals surface area contributed by atoms with Gasteiger partial charge >= 0.3 is 0 Å². The average molecular weight is 300 g/mol. The van der Waals surface area contributed by atoms with E-state index in [9.17, 15) is 9.18 Å². The predicted octanol–water partition coefficient (Wildman–Crippen LogP) is 4.88. The summed E-state index contributed by atoms with van der Waals surface area (Å²) in [6.45, 7) is 0. The zero-order chi connectivity index (χ0) is 13.7. The molecule has 20 heavy (non-hydrogen) atoms. The first kappa shape index (κ1) is 12.1. The molecule has 0 bridgehead atoms. The first-order chi connectivity index (χ1) is 9.75. The molecule has 4 heteroatoms. The van der Waals surface area contributed by atoms with E-state index in [1.807, 2.05) is 23.6 Å². The first-order valence-corrected chi connectivity index (χ1v) is 8.07. The smallest absolute Gasteiger partial charge is 0.194 e. The van der Waals surface area contributed by atoms with Gasteiger partial charge in [0.1, 0.15) is 5.82 Å². The summed E-state index contributed by atoms with van der Waals surface area (Å²) in [5.41, 5.74) is 1.70. The van der Waals surface area contributed by atoms with Gasteiger partial charge in [-0.25, -0.2) is 4.39 Å². The number of thiophene rings is 1. The zero-order valence-electron chi connectivity index (χ0n) is 10.4. The third-order valence-corrected chi connectivity index (χ3v) is 5.77. The predicted molar refractivity (Wildman–Crippen MR) is 81.2 cm³/mol. The van der Waals surface area contributed by atoms with Crippen molar-refractivity contribution in [2.75, 3.05) is 0 Å². The number of rotatable bonds is 0. The van der Waals surface area contributed by atoms with Crippen molar-refractivity contribution >= 4 is 39.0 Å². The first-order valence-electron chi connectivity index (χ1n) is 6.21. The summed E-state index contributed by atoms with van der Waals surface area (Å²) < 4.78 is 15.1. The summed E-state index contributed by atoms with van der Waals surface area (Å²) in [4.78, 5) is 13.7. The van der Waals surface area contributed by atoms with Crippen LogP contribution in [0.3, 0.4) is 0 Å². The maximum atomic E-state index is 13.9. The van der Waals surface area contributed by atoms with Crippen molar-refractivity contribution in [2.24, 2.45) is 0 Å². The molecule has 2 aromatic carbocycles. The van der Waals surface area contributed by atoms with E-state index in [-0.39, 0.29) is 11.6 Å². The molecule has 0 fully saturated rings. The Balaban J connectivity index is 2.02. The lowest BCUT2D eigenvalue weighted by Gasteiger charge is -2.05. The van der Waals surface area contributed by atoms with Gasteiger partial charge < -0.3 is 0 Å². The fourth-order valence-corrected chi connectivity index (χ4v) is 4.84. The lowest BCUT2D eigenvalue weighted by atomic mass is 9.98. The van der Waals surface area contributed by atoms with Gasteiger partial charge in [0.25, 0.3) is 0 Å². The Kier molecular flexibility index (Phi) is 2.69. The quantitative estimate of drug-likeness (QED) is 0.589. The van der Waals surface area contributed by atoms with Crippen LogP contribution >= 0.6 is 23.1 Å². The Morgan fingerprint density at radius 1 is 1.05 bits per heavy atom. The highest BCUT2D eigenvalue weighted by molar-refractivity contribution is 7.99. The molecule has 1 aromatic heterocycles. The zero-order valence-corrected chi connectivity index (χ0v) is 12.0. The molecule has 0 saturated carbocycles. The fraction of sp³-hybridized carbons (Fsp3) is 0.0625. The van der Waals surface area contributed by atoms with Crippen molar-refractivity contribution in [3.8, 4) is 0 Å². The van der Waals surface area contributed by atoms with Crippen molar-refractivity contribution in [2.45, 2.75) is 10.6 Å². The van der Waals surface area contributed by atoms with Crippen molar-refractivity contribution in [3.63, 3.8) is 0 Å². The molecule has 1 aliphatic rings. The van der Waals surface area contributed by atoms with E-state index in [1.54, 1.807) is 35.2 Å². The van der Waals surface area contributed by atoms with E-state index in [0.29, 0.717) is 22.4 Å². The molecule has 1 nitrogen and oxygen atoms in total. The third-order valence-electron chi connectivity index (χ3n) is 3.55. The normalized spacial score (nSPS) is 13.9. The summed E-state index contributed by atoms with van der Waals surface area (Å²) in [7, 11) is 0. The number of hydrogen-bond donors (Lipinski definition) is 0. The number of thioether (sulfide) groups is 1. The average Bonchev–Trinajstić information content (AvgIpc) is 2.88. The van der Waals surface area contributed by atoms with Crippen LogP contribution in [0.1, 0.15) is 21.5 Å². The van der Waals surface area contributed by atoms with E-state index < -0.39 is 0 Å². The van der Waals surface area contributed by atoms with E-state index in [0.717, 1.165) is 15.0 Å².